The van der Waals surface area contributed by atoms with E-state index in [2.05, 4.69) is 6.92 Å². The number of hydrogen-bond acceptors (Lipinski definition) is 1. The van der Waals surface area contributed by atoms with Crippen LogP contribution in [-0.2, 0) is 4.79 Å². The smallest absolute Gasteiger partial charge is 0.119 e. The van der Waals surface area contributed by atoms with E-state index >= 15 is 0 Å². The molecule has 1 aliphatic rings. The maximum absolute atomic E-state index is 9.97. The molecule has 0 heterocycles. The predicted molar refractivity (Wildman–Crippen MR) is 41.8 cm³/mol. The molecule has 10 heavy (non-hydrogen) atoms. The molecule has 58 valence electrons. The highest BCUT2D eigenvalue weighted by Gasteiger charge is 2.26. The number of rotatable bonds is 5. The van der Waals surface area contributed by atoms with Crippen molar-refractivity contribution in [1.29, 1.82) is 0 Å². The summed E-state index contributed by atoms with van der Waals surface area (Å²) >= 11 is 0. The van der Waals surface area contributed by atoms with Gasteiger partial charge in [-0.05, 0) is 31.1 Å². The van der Waals surface area contributed by atoms with Crippen LogP contribution in [0, 0.1) is 11.8 Å². The van der Waals surface area contributed by atoms with E-state index in [1.54, 1.807) is 0 Å². The van der Waals surface area contributed by atoms with Crippen molar-refractivity contribution in [3.63, 3.8) is 0 Å². The lowest BCUT2D eigenvalue weighted by Crippen LogP contribution is -1.96. The van der Waals surface area contributed by atoms with Crippen LogP contribution in [0.15, 0.2) is 0 Å². The van der Waals surface area contributed by atoms with Gasteiger partial charge in [-0.1, -0.05) is 13.3 Å². The minimum absolute atomic E-state index is 0.761. The van der Waals surface area contributed by atoms with Gasteiger partial charge in [-0.15, -0.1) is 0 Å². The summed E-state index contributed by atoms with van der Waals surface area (Å²) in [6, 6.07) is 0. The van der Waals surface area contributed by atoms with E-state index in [1.807, 2.05) is 0 Å². The number of unbranched alkanes of at least 4 members (excludes halogenated alkanes) is 1. The lowest BCUT2D eigenvalue weighted by atomic mass is 9.99. The van der Waals surface area contributed by atoms with Crippen molar-refractivity contribution in [3.05, 3.63) is 0 Å². The van der Waals surface area contributed by atoms with Crippen molar-refractivity contribution in [3.8, 4) is 0 Å². The molecule has 0 N–H and O–H groups in total. The van der Waals surface area contributed by atoms with Gasteiger partial charge in [0.2, 0.25) is 0 Å². The summed E-state index contributed by atoms with van der Waals surface area (Å²) in [5, 5.41) is 0. The Morgan fingerprint density at radius 1 is 1.60 bits per heavy atom. The second kappa shape index (κ2) is 3.75. The number of aldehydes is 1. The van der Waals surface area contributed by atoms with E-state index in [-0.39, 0.29) is 0 Å². The van der Waals surface area contributed by atoms with Gasteiger partial charge in [0, 0.05) is 6.42 Å². The SMILES string of the molecule is CC(CCCC=O)C1CC1. The van der Waals surface area contributed by atoms with Crippen molar-refractivity contribution < 1.29 is 4.79 Å². The molecule has 1 aliphatic carbocycles. The second-order valence-electron chi connectivity index (χ2n) is 3.41. The first kappa shape index (κ1) is 7.77. The van der Waals surface area contributed by atoms with E-state index in [0.717, 1.165) is 31.0 Å². The zero-order chi connectivity index (χ0) is 7.40. The van der Waals surface area contributed by atoms with Crippen LogP contribution < -0.4 is 0 Å². The Morgan fingerprint density at radius 3 is 2.80 bits per heavy atom. The Morgan fingerprint density at radius 2 is 2.30 bits per heavy atom. The molecule has 0 spiro atoms. The van der Waals surface area contributed by atoms with Crippen molar-refractivity contribution in [2.45, 2.75) is 39.0 Å². The third-order valence-corrected chi connectivity index (χ3v) is 2.41. The monoisotopic (exact) mass is 140 g/mol. The van der Waals surface area contributed by atoms with Crippen LogP contribution in [0.4, 0.5) is 0 Å². The second-order valence-corrected chi connectivity index (χ2v) is 3.41. The Labute approximate surface area is 62.8 Å². The van der Waals surface area contributed by atoms with E-state index in [9.17, 15) is 4.79 Å². The number of hydrogen-bond donors (Lipinski definition) is 0. The highest BCUT2D eigenvalue weighted by molar-refractivity contribution is 5.48. The average molecular weight is 140 g/mol. The largest absolute Gasteiger partial charge is 0.303 e. The minimum Gasteiger partial charge on any atom is -0.303 e. The Bertz CT molecular complexity index is 105. The first-order valence-electron chi connectivity index (χ1n) is 4.28. The Kier molecular flexibility index (Phi) is 2.91. The molecular formula is C9H16O. The maximum Gasteiger partial charge on any atom is 0.119 e. The van der Waals surface area contributed by atoms with Crippen molar-refractivity contribution in [2.75, 3.05) is 0 Å². The molecule has 1 nitrogen and oxygen atoms in total. The van der Waals surface area contributed by atoms with Crippen LogP contribution in [0.3, 0.4) is 0 Å². The molecule has 1 atom stereocenters. The standard InChI is InChI=1S/C9H16O/c1-8(9-5-6-9)4-2-3-7-10/h7-9H,2-6H2,1H3. The summed E-state index contributed by atoms with van der Waals surface area (Å²) in [6.07, 6.45) is 7.01. The number of carbonyl (C=O) groups is 1. The molecule has 0 aromatic rings. The topological polar surface area (TPSA) is 17.1 Å². The molecule has 0 saturated heterocycles. The van der Waals surface area contributed by atoms with Gasteiger partial charge in [-0.25, -0.2) is 0 Å². The molecule has 1 heteroatoms. The molecule has 0 bridgehead atoms. The first-order chi connectivity index (χ1) is 4.84. The fourth-order valence-corrected chi connectivity index (χ4v) is 1.42. The fraction of sp³-hybridized carbons (Fsp3) is 0.889. The summed E-state index contributed by atoms with van der Waals surface area (Å²) in [7, 11) is 0. The molecule has 0 amide bonds. The van der Waals surface area contributed by atoms with E-state index < -0.39 is 0 Å². The third-order valence-electron chi connectivity index (χ3n) is 2.41. The van der Waals surface area contributed by atoms with Crippen LogP contribution in [0.5, 0.6) is 0 Å². The minimum atomic E-state index is 0.761. The molecule has 1 saturated carbocycles. The lowest BCUT2D eigenvalue weighted by molar-refractivity contribution is -0.107. The highest BCUT2D eigenvalue weighted by atomic mass is 16.1. The van der Waals surface area contributed by atoms with Crippen LogP contribution >= 0.6 is 0 Å². The van der Waals surface area contributed by atoms with E-state index in [1.165, 1.54) is 19.3 Å². The maximum atomic E-state index is 9.97. The summed E-state index contributed by atoms with van der Waals surface area (Å²) in [6.45, 7) is 2.31. The van der Waals surface area contributed by atoms with Gasteiger partial charge < -0.3 is 4.79 Å². The highest BCUT2D eigenvalue weighted by Crippen LogP contribution is 2.38. The molecule has 1 fully saturated rings. The molecular weight excluding hydrogens is 124 g/mol. The van der Waals surface area contributed by atoms with Gasteiger partial charge in [0.15, 0.2) is 0 Å². The van der Waals surface area contributed by atoms with Crippen molar-refractivity contribution in [1.82, 2.24) is 0 Å². The van der Waals surface area contributed by atoms with Gasteiger partial charge in [0.05, 0.1) is 0 Å². The summed E-state index contributed by atoms with van der Waals surface area (Å²) in [5.41, 5.74) is 0. The number of carbonyl (C=O) groups excluding carboxylic acids is 1. The molecule has 1 rings (SSSR count). The fourth-order valence-electron chi connectivity index (χ4n) is 1.42. The molecule has 0 radical (unpaired) electrons. The van der Waals surface area contributed by atoms with Crippen LogP contribution in [-0.4, -0.2) is 6.29 Å². The molecule has 0 aromatic carbocycles. The summed E-state index contributed by atoms with van der Waals surface area (Å²) < 4.78 is 0. The normalized spacial score (nSPS) is 20.5. The third kappa shape index (κ3) is 2.51. The zero-order valence-electron chi connectivity index (χ0n) is 6.68. The van der Waals surface area contributed by atoms with Crippen LogP contribution in [0.2, 0.25) is 0 Å². The summed E-state index contributed by atoms with van der Waals surface area (Å²) in [4.78, 5) is 9.97. The first-order valence-corrected chi connectivity index (χ1v) is 4.28. The van der Waals surface area contributed by atoms with Gasteiger partial charge in [0.1, 0.15) is 6.29 Å². The van der Waals surface area contributed by atoms with Gasteiger partial charge in [0.25, 0.3) is 0 Å². The Hall–Kier alpha value is -0.330. The average Bonchev–Trinajstić information content (AvgIpc) is 2.69. The van der Waals surface area contributed by atoms with E-state index in [4.69, 9.17) is 0 Å². The predicted octanol–water partition coefficient (Wildman–Crippen LogP) is 2.40. The van der Waals surface area contributed by atoms with Gasteiger partial charge in [-0.2, -0.15) is 0 Å². The quantitative estimate of drug-likeness (QED) is 0.423. The summed E-state index contributed by atoms with van der Waals surface area (Å²) in [5.74, 6) is 1.88. The van der Waals surface area contributed by atoms with Gasteiger partial charge in [-0.3, -0.25) is 0 Å². The molecule has 0 aromatic heterocycles. The van der Waals surface area contributed by atoms with Crippen LogP contribution in [0.1, 0.15) is 39.0 Å². The Balaban J connectivity index is 1.95. The molecule has 1 unspecified atom stereocenters. The van der Waals surface area contributed by atoms with Crippen LogP contribution in [0.25, 0.3) is 0 Å². The van der Waals surface area contributed by atoms with E-state index in [0.29, 0.717) is 0 Å². The van der Waals surface area contributed by atoms with Gasteiger partial charge >= 0.3 is 0 Å². The molecule has 0 aliphatic heterocycles. The van der Waals surface area contributed by atoms with Crippen molar-refractivity contribution in [2.24, 2.45) is 11.8 Å². The zero-order valence-corrected chi connectivity index (χ0v) is 6.68. The van der Waals surface area contributed by atoms with Crippen molar-refractivity contribution >= 4 is 6.29 Å². The lowest BCUT2D eigenvalue weighted by Gasteiger charge is -2.06.